The van der Waals surface area contributed by atoms with E-state index in [2.05, 4.69) is 15.3 Å². The number of hydrogen-bond acceptors (Lipinski definition) is 4. The van der Waals surface area contributed by atoms with Gasteiger partial charge >= 0.3 is 0 Å². The number of nitrogens with zero attached hydrogens (tertiary/aromatic N) is 2. The second-order valence-electron chi connectivity index (χ2n) is 4.02. The molecule has 1 amide bonds. The van der Waals surface area contributed by atoms with Crippen molar-refractivity contribution in [2.75, 3.05) is 5.32 Å². The van der Waals surface area contributed by atoms with E-state index < -0.39 is 0 Å². The molecule has 5 heteroatoms. The summed E-state index contributed by atoms with van der Waals surface area (Å²) >= 11 is 1.43. The molecule has 0 aliphatic heterocycles. The molecule has 1 saturated carbocycles. The smallest absolute Gasteiger partial charge is 0.229 e. The van der Waals surface area contributed by atoms with Crippen LogP contribution in [0.5, 0.6) is 0 Å². The lowest BCUT2D eigenvalue weighted by atomic mass is 10.3. The first-order chi connectivity index (χ1) is 8.33. The van der Waals surface area contributed by atoms with Crippen molar-refractivity contribution in [3.8, 4) is 11.4 Å². The van der Waals surface area contributed by atoms with E-state index in [0.717, 1.165) is 24.2 Å². The molecule has 4 nitrogen and oxygen atoms in total. The maximum Gasteiger partial charge on any atom is 0.229 e. The number of carbonyl (C=O) groups excluding carboxylic acids is 1. The van der Waals surface area contributed by atoms with Gasteiger partial charge in [0.1, 0.15) is 5.69 Å². The summed E-state index contributed by atoms with van der Waals surface area (Å²) in [6.45, 7) is 0. The number of pyridine rings is 1. The van der Waals surface area contributed by atoms with Gasteiger partial charge in [0.15, 0.2) is 5.13 Å². The predicted octanol–water partition coefficient (Wildman–Crippen LogP) is 2.80. The lowest BCUT2D eigenvalue weighted by Crippen LogP contribution is -2.12. The van der Waals surface area contributed by atoms with Crippen molar-refractivity contribution >= 4 is 22.4 Å². The van der Waals surface area contributed by atoms with Crippen molar-refractivity contribution < 1.29 is 6.22 Å². The summed E-state index contributed by atoms with van der Waals surface area (Å²) in [5.41, 5.74) is 1.64. The number of rotatable bonds is 3. The molecule has 2 aromatic rings. The SMILES string of the molecule is O=C(Nc1nc(-c2ccccn2)cs1)C1CC1.[HH]. The van der Waals surface area contributed by atoms with Crippen molar-refractivity contribution in [3.05, 3.63) is 29.8 Å². The molecule has 3 rings (SSSR count). The van der Waals surface area contributed by atoms with Gasteiger partial charge in [-0.25, -0.2) is 4.98 Å². The minimum absolute atomic E-state index is 0. The highest BCUT2D eigenvalue weighted by atomic mass is 32.1. The molecule has 2 aromatic heterocycles. The molecule has 0 saturated heterocycles. The van der Waals surface area contributed by atoms with Gasteiger partial charge < -0.3 is 5.32 Å². The van der Waals surface area contributed by atoms with Crippen LogP contribution in [0.25, 0.3) is 11.4 Å². The van der Waals surface area contributed by atoms with Crippen molar-refractivity contribution in [2.24, 2.45) is 5.92 Å². The quantitative estimate of drug-likeness (QED) is 0.907. The highest BCUT2D eigenvalue weighted by molar-refractivity contribution is 7.14. The Morgan fingerprint density at radius 1 is 1.41 bits per heavy atom. The Morgan fingerprint density at radius 3 is 3.00 bits per heavy atom. The van der Waals surface area contributed by atoms with Gasteiger partial charge in [-0.1, -0.05) is 6.07 Å². The van der Waals surface area contributed by atoms with Crippen molar-refractivity contribution in [1.82, 2.24) is 9.97 Å². The fourth-order valence-electron chi connectivity index (χ4n) is 1.52. The van der Waals surface area contributed by atoms with E-state index in [1.165, 1.54) is 11.3 Å². The summed E-state index contributed by atoms with van der Waals surface area (Å²) in [4.78, 5) is 20.1. The minimum Gasteiger partial charge on any atom is -0.302 e. The molecule has 1 N–H and O–H groups in total. The number of amides is 1. The van der Waals surface area contributed by atoms with Gasteiger partial charge in [0.25, 0.3) is 0 Å². The highest BCUT2D eigenvalue weighted by Crippen LogP contribution is 2.31. The van der Waals surface area contributed by atoms with Crippen LogP contribution >= 0.6 is 11.3 Å². The molecule has 0 atom stereocenters. The second-order valence-corrected chi connectivity index (χ2v) is 4.87. The summed E-state index contributed by atoms with van der Waals surface area (Å²) in [5, 5.41) is 5.40. The molecule has 0 radical (unpaired) electrons. The zero-order valence-corrected chi connectivity index (χ0v) is 9.91. The number of anilines is 1. The first kappa shape index (κ1) is 10.4. The van der Waals surface area contributed by atoms with Gasteiger partial charge in [-0.3, -0.25) is 9.78 Å². The van der Waals surface area contributed by atoms with E-state index in [1.54, 1.807) is 6.20 Å². The van der Waals surface area contributed by atoms with E-state index in [1.807, 2.05) is 23.6 Å². The Hall–Kier alpha value is -1.75. The van der Waals surface area contributed by atoms with Crippen LogP contribution in [0.1, 0.15) is 14.3 Å². The lowest BCUT2D eigenvalue weighted by molar-refractivity contribution is -0.117. The summed E-state index contributed by atoms with van der Waals surface area (Å²) in [5.74, 6) is 0.295. The minimum atomic E-state index is 0. The third kappa shape index (κ3) is 2.34. The number of aromatic nitrogens is 2. The molecule has 1 fully saturated rings. The first-order valence-electron chi connectivity index (χ1n) is 5.51. The number of thiazole rings is 1. The fourth-order valence-corrected chi connectivity index (χ4v) is 2.22. The zero-order valence-electron chi connectivity index (χ0n) is 9.09. The maximum absolute atomic E-state index is 11.6. The largest absolute Gasteiger partial charge is 0.302 e. The van der Waals surface area contributed by atoms with E-state index in [4.69, 9.17) is 0 Å². The molecule has 0 bridgehead atoms. The van der Waals surface area contributed by atoms with E-state index in [9.17, 15) is 4.79 Å². The van der Waals surface area contributed by atoms with E-state index in [0.29, 0.717) is 5.13 Å². The number of nitrogens with one attached hydrogen (secondary N) is 1. The average molecular weight is 247 g/mol. The molecule has 1 aliphatic rings. The summed E-state index contributed by atoms with van der Waals surface area (Å²) in [6, 6.07) is 5.69. The highest BCUT2D eigenvalue weighted by Gasteiger charge is 2.30. The standard InChI is InChI=1S/C12H11N3OS.H2/c16-11(8-4-5-8)15-12-14-10(7-17-12)9-3-1-2-6-13-9;/h1-3,6-8H,4-5H2,(H,14,15,16);1H. The van der Waals surface area contributed by atoms with Crippen LogP contribution in [0, 0.1) is 5.92 Å². The van der Waals surface area contributed by atoms with E-state index >= 15 is 0 Å². The van der Waals surface area contributed by atoms with Gasteiger partial charge in [-0.15, -0.1) is 11.3 Å². The molecule has 88 valence electrons. The van der Waals surface area contributed by atoms with Gasteiger partial charge in [0, 0.05) is 18.9 Å². The molecule has 2 heterocycles. The fraction of sp³-hybridized carbons (Fsp3) is 0.250. The Balaban J connectivity index is 0.00000120. The van der Waals surface area contributed by atoms with Gasteiger partial charge in [0.2, 0.25) is 5.91 Å². The maximum atomic E-state index is 11.6. The van der Waals surface area contributed by atoms with Crippen molar-refractivity contribution in [3.63, 3.8) is 0 Å². The Bertz CT molecular complexity index is 539. The predicted molar refractivity (Wildman–Crippen MR) is 68.8 cm³/mol. The van der Waals surface area contributed by atoms with Crippen molar-refractivity contribution in [2.45, 2.75) is 12.8 Å². The summed E-state index contributed by atoms with van der Waals surface area (Å²) in [6.07, 6.45) is 3.74. The number of hydrogen-bond donors (Lipinski definition) is 1. The second kappa shape index (κ2) is 4.25. The number of carbonyl (C=O) groups is 1. The van der Waals surface area contributed by atoms with Crippen LogP contribution in [0.3, 0.4) is 0 Å². The third-order valence-corrected chi connectivity index (χ3v) is 3.37. The lowest BCUT2D eigenvalue weighted by Gasteiger charge is -1.97. The zero-order chi connectivity index (χ0) is 11.7. The molecular weight excluding hydrogens is 234 g/mol. The molecule has 0 aromatic carbocycles. The first-order valence-corrected chi connectivity index (χ1v) is 6.39. The Kier molecular flexibility index (Phi) is 2.60. The summed E-state index contributed by atoms with van der Waals surface area (Å²) < 4.78 is 0. The molecular formula is C12H13N3OS. The van der Waals surface area contributed by atoms with Gasteiger partial charge in [-0.2, -0.15) is 0 Å². The molecule has 0 spiro atoms. The van der Waals surface area contributed by atoms with Crippen LogP contribution in [-0.2, 0) is 4.79 Å². The van der Waals surface area contributed by atoms with Crippen LogP contribution < -0.4 is 5.32 Å². The van der Waals surface area contributed by atoms with Gasteiger partial charge in [0.05, 0.1) is 5.69 Å². The van der Waals surface area contributed by atoms with Crippen molar-refractivity contribution in [1.29, 1.82) is 0 Å². The van der Waals surface area contributed by atoms with E-state index in [-0.39, 0.29) is 13.3 Å². The Labute approximate surface area is 104 Å². The molecule has 17 heavy (non-hydrogen) atoms. The van der Waals surface area contributed by atoms with Gasteiger partial charge in [-0.05, 0) is 25.0 Å². The van der Waals surface area contributed by atoms with Crippen LogP contribution in [0.4, 0.5) is 5.13 Å². The topological polar surface area (TPSA) is 54.9 Å². The molecule has 1 aliphatic carbocycles. The molecule has 0 unspecified atom stereocenters. The summed E-state index contributed by atoms with van der Waals surface area (Å²) in [7, 11) is 0. The van der Waals surface area contributed by atoms with Crippen LogP contribution in [0.15, 0.2) is 29.8 Å². The van der Waals surface area contributed by atoms with Crippen LogP contribution in [-0.4, -0.2) is 15.9 Å². The monoisotopic (exact) mass is 247 g/mol. The Morgan fingerprint density at radius 2 is 2.29 bits per heavy atom. The normalized spacial score (nSPS) is 14.6. The third-order valence-electron chi connectivity index (χ3n) is 2.61. The van der Waals surface area contributed by atoms with Crippen LogP contribution in [0.2, 0.25) is 0 Å². The average Bonchev–Trinajstić information content (AvgIpc) is 3.12.